The zero-order valence-corrected chi connectivity index (χ0v) is 13.0. The van der Waals surface area contributed by atoms with Crippen molar-refractivity contribution in [3.05, 3.63) is 34.8 Å². The number of thiazole rings is 1. The topological polar surface area (TPSA) is 56.2 Å². The lowest BCUT2D eigenvalue weighted by Gasteiger charge is -2.18. The van der Waals surface area contributed by atoms with Gasteiger partial charge in [-0.2, -0.15) is 0 Å². The Balaban J connectivity index is 2.26. The Hall–Kier alpha value is -1.88. The number of nitrogens with two attached hydrogens (primary N) is 1. The van der Waals surface area contributed by atoms with Crippen LogP contribution in [-0.2, 0) is 5.41 Å². The molecule has 5 heteroatoms. The van der Waals surface area contributed by atoms with Crippen molar-refractivity contribution in [1.82, 2.24) is 14.6 Å². The normalized spacial score (nSPS) is 12.2. The lowest BCUT2D eigenvalue weighted by atomic mass is 9.93. The molecule has 0 fully saturated rings. The molecule has 3 aromatic rings. The first-order valence-corrected chi connectivity index (χ1v) is 7.45. The van der Waals surface area contributed by atoms with Gasteiger partial charge in [-0.25, -0.2) is 0 Å². The fourth-order valence-corrected chi connectivity index (χ4v) is 3.26. The van der Waals surface area contributed by atoms with Gasteiger partial charge in [-0.15, -0.1) is 21.5 Å². The van der Waals surface area contributed by atoms with Gasteiger partial charge in [-0.3, -0.25) is 4.40 Å². The van der Waals surface area contributed by atoms with E-state index in [1.807, 2.05) is 25.1 Å². The Morgan fingerprint density at radius 2 is 1.95 bits per heavy atom. The SMILES string of the molecule is Cc1ccc(-c2nnc3scc(C(C)(C)C)n23)cc1N. The third kappa shape index (κ3) is 1.98. The Morgan fingerprint density at radius 1 is 1.20 bits per heavy atom. The molecule has 0 aliphatic rings. The summed E-state index contributed by atoms with van der Waals surface area (Å²) in [6.07, 6.45) is 0. The van der Waals surface area contributed by atoms with Crippen molar-refractivity contribution >= 4 is 22.0 Å². The van der Waals surface area contributed by atoms with Gasteiger partial charge in [0.1, 0.15) is 0 Å². The van der Waals surface area contributed by atoms with Gasteiger partial charge in [-0.1, -0.05) is 32.9 Å². The highest BCUT2D eigenvalue weighted by molar-refractivity contribution is 7.15. The molecule has 0 radical (unpaired) electrons. The molecule has 2 N–H and O–H groups in total. The van der Waals surface area contributed by atoms with Crippen molar-refractivity contribution in [1.29, 1.82) is 0 Å². The van der Waals surface area contributed by atoms with Gasteiger partial charge in [-0.05, 0) is 18.6 Å². The van der Waals surface area contributed by atoms with Crippen LogP contribution in [0.2, 0.25) is 0 Å². The largest absolute Gasteiger partial charge is 0.398 e. The molecule has 1 aromatic carbocycles. The minimum Gasteiger partial charge on any atom is -0.398 e. The predicted molar refractivity (Wildman–Crippen MR) is 84.1 cm³/mol. The number of hydrogen-bond acceptors (Lipinski definition) is 4. The molecule has 0 aliphatic carbocycles. The Bertz CT molecular complexity index is 777. The van der Waals surface area contributed by atoms with Gasteiger partial charge in [0.2, 0.25) is 4.96 Å². The number of nitrogen functional groups attached to an aromatic ring is 1. The van der Waals surface area contributed by atoms with Gasteiger partial charge in [0.25, 0.3) is 0 Å². The van der Waals surface area contributed by atoms with Crippen LogP contribution in [0.4, 0.5) is 5.69 Å². The number of nitrogens with zero attached hydrogens (tertiary/aromatic N) is 3. The van der Waals surface area contributed by atoms with E-state index < -0.39 is 0 Å². The summed E-state index contributed by atoms with van der Waals surface area (Å²) in [5.74, 6) is 0.859. The predicted octanol–water partition coefficient (Wildman–Crippen LogP) is 3.65. The molecule has 4 nitrogen and oxygen atoms in total. The molecule has 0 bridgehead atoms. The van der Waals surface area contributed by atoms with Gasteiger partial charge in [0.15, 0.2) is 5.82 Å². The van der Waals surface area contributed by atoms with E-state index in [4.69, 9.17) is 5.73 Å². The fraction of sp³-hybridized carbons (Fsp3) is 0.333. The summed E-state index contributed by atoms with van der Waals surface area (Å²) < 4.78 is 2.13. The van der Waals surface area contributed by atoms with Crippen molar-refractivity contribution in [3.8, 4) is 11.4 Å². The van der Waals surface area contributed by atoms with Gasteiger partial charge < -0.3 is 5.73 Å². The molecule has 0 atom stereocenters. The van der Waals surface area contributed by atoms with Gasteiger partial charge in [0, 0.05) is 27.7 Å². The van der Waals surface area contributed by atoms with Crippen LogP contribution in [0, 0.1) is 6.92 Å². The molecule has 3 rings (SSSR count). The summed E-state index contributed by atoms with van der Waals surface area (Å²) >= 11 is 1.62. The smallest absolute Gasteiger partial charge is 0.216 e. The van der Waals surface area contributed by atoms with Crippen LogP contribution in [-0.4, -0.2) is 14.6 Å². The minimum atomic E-state index is 0.0472. The number of aromatic nitrogens is 3. The van der Waals surface area contributed by atoms with Crippen molar-refractivity contribution in [2.24, 2.45) is 0 Å². The molecule has 2 aromatic heterocycles. The number of benzene rings is 1. The molecule has 2 heterocycles. The van der Waals surface area contributed by atoms with E-state index in [0.29, 0.717) is 0 Å². The second-order valence-corrected chi connectivity index (χ2v) is 6.92. The second-order valence-electron chi connectivity index (χ2n) is 6.08. The molecular formula is C15H18N4S. The first-order valence-electron chi connectivity index (χ1n) is 6.57. The average molecular weight is 286 g/mol. The zero-order valence-electron chi connectivity index (χ0n) is 12.1. The first kappa shape index (κ1) is 13.1. The number of anilines is 1. The summed E-state index contributed by atoms with van der Waals surface area (Å²) in [5.41, 5.74) is 10.1. The van der Waals surface area contributed by atoms with Crippen molar-refractivity contribution in [2.75, 3.05) is 5.73 Å². The Kier molecular flexibility index (Phi) is 2.83. The average Bonchev–Trinajstić information content (AvgIpc) is 2.92. The van der Waals surface area contributed by atoms with E-state index in [-0.39, 0.29) is 5.41 Å². The molecular weight excluding hydrogens is 268 g/mol. The van der Waals surface area contributed by atoms with Gasteiger partial charge >= 0.3 is 0 Å². The van der Waals surface area contributed by atoms with Crippen LogP contribution >= 0.6 is 11.3 Å². The number of aryl methyl sites for hydroxylation is 1. The molecule has 0 unspecified atom stereocenters. The molecule has 0 spiro atoms. The van der Waals surface area contributed by atoms with Crippen LogP contribution < -0.4 is 5.73 Å². The standard InChI is InChI=1S/C15H18N4S/c1-9-5-6-10(7-11(9)16)13-17-18-14-19(13)12(8-20-14)15(2,3)4/h5-8H,16H2,1-4H3. The first-order chi connectivity index (χ1) is 9.38. The maximum Gasteiger partial charge on any atom is 0.216 e. The Labute approximate surface area is 122 Å². The molecule has 0 amide bonds. The van der Waals surface area contributed by atoms with E-state index in [0.717, 1.165) is 27.6 Å². The molecule has 0 saturated heterocycles. The summed E-state index contributed by atoms with van der Waals surface area (Å²) in [6, 6.07) is 6.04. The summed E-state index contributed by atoms with van der Waals surface area (Å²) in [4.78, 5) is 0.920. The monoisotopic (exact) mass is 286 g/mol. The van der Waals surface area contributed by atoms with E-state index in [2.05, 4.69) is 40.7 Å². The van der Waals surface area contributed by atoms with E-state index in [1.54, 1.807) is 11.3 Å². The molecule has 104 valence electrons. The Morgan fingerprint density at radius 3 is 2.60 bits per heavy atom. The van der Waals surface area contributed by atoms with Crippen molar-refractivity contribution < 1.29 is 0 Å². The van der Waals surface area contributed by atoms with Gasteiger partial charge in [0.05, 0.1) is 0 Å². The highest BCUT2D eigenvalue weighted by Gasteiger charge is 2.22. The maximum absolute atomic E-state index is 6.02. The zero-order chi connectivity index (χ0) is 14.5. The number of hydrogen-bond donors (Lipinski definition) is 1. The minimum absolute atomic E-state index is 0.0472. The lowest BCUT2D eigenvalue weighted by molar-refractivity contribution is 0.565. The summed E-state index contributed by atoms with van der Waals surface area (Å²) in [7, 11) is 0. The fourth-order valence-electron chi connectivity index (χ4n) is 2.20. The molecule has 0 aliphatic heterocycles. The molecule has 20 heavy (non-hydrogen) atoms. The van der Waals surface area contributed by atoms with Crippen molar-refractivity contribution in [2.45, 2.75) is 33.1 Å². The lowest BCUT2D eigenvalue weighted by Crippen LogP contribution is -2.14. The highest BCUT2D eigenvalue weighted by atomic mass is 32.1. The maximum atomic E-state index is 6.02. The van der Waals surface area contributed by atoms with E-state index >= 15 is 0 Å². The van der Waals surface area contributed by atoms with E-state index in [9.17, 15) is 0 Å². The van der Waals surface area contributed by atoms with Crippen LogP contribution in [0.3, 0.4) is 0 Å². The number of rotatable bonds is 1. The number of fused-ring (bicyclic) bond motifs is 1. The van der Waals surface area contributed by atoms with E-state index in [1.165, 1.54) is 5.69 Å². The quantitative estimate of drug-likeness (QED) is 0.695. The van der Waals surface area contributed by atoms with Crippen LogP contribution in [0.1, 0.15) is 32.0 Å². The summed E-state index contributed by atoms with van der Waals surface area (Å²) in [5, 5.41) is 10.8. The van der Waals surface area contributed by atoms with Crippen LogP contribution in [0.5, 0.6) is 0 Å². The third-order valence-electron chi connectivity index (χ3n) is 3.46. The highest BCUT2D eigenvalue weighted by Crippen LogP contribution is 2.31. The third-order valence-corrected chi connectivity index (χ3v) is 4.27. The van der Waals surface area contributed by atoms with Crippen LogP contribution in [0.15, 0.2) is 23.6 Å². The summed E-state index contributed by atoms with van der Waals surface area (Å²) in [6.45, 7) is 8.59. The van der Waals surface area contributed by atoms with Crippen LogP contribution in [0.25, 0.3) is 16.3 Å². The van der Waals surface area contributed by atoms with Crippen molar-refractivity contribution in [3.63, 3.8) is 0 Å². The molecule has 0 saturated carbocycles. The second kappa shape index (κ2) is 4.31.